The Bertz CT molecular complexity index is 1640. The number of aliphatic hydroxyl groups is 2. The van der Waals surface area contributed by atoms with Crippen LogP contribution in [0.4, 0.5) is 0 Å². The van der Waals surface area contributed by atoms with Gasteiger partial charge in [-0.1, -0.05) is 81.5 Å². The molecule has 9 atom stereocenters. The molecule has 1 aromatic carbocycles. The molecule has 14 nitrogen and oxygen atoms in total. The second kappa shape index (κ2) is 23.6. The number of hydrogen-bond acceptors (Lipinski definition) is 11. The number of carbonyl (C=O) groups is 4. The fourth-order valence-corrected chi connectivity index (χ4v) is 6.65. The summed E-state index contributed by atoms with van der Waals surface area (Å²) in [7, 11) is 2.88. The van der Waals surface area contributed by atoms with Gasteiger partial charge in [0.05, 0.1) is 25.2 Å². The molecule has 0 spiro atoms. The standard InChI is InChI=1S/C43H63N5O9/c1-8-9-19-34-40(52)30(5)36(50)21-11-10-12-22-37(29(4)16-13-23-38(51)47(6)56-7)57-43(55)35-20-15-24-48(46-35)27-32(25-31-17-14-18-33(49)26-31)44-42(54)39(28(2)3)45-41(34)53/h8-14,16-18,21,23,26,28,30,32,34-37,39-40,46,49-50,52H,15,19-20,22,24-25,27H2,1-7H3,(H,44,54)(H,45,53)/b9-8+,12-10+,21-11+,23-13+,29-16+/t30-,32-,34+,35?,36-,37-,39-,40+/m0/s1. The zero-order valence-corrected chi connectivity index (χ0v) is 34.3. The van der Waals surface area contributed by atoms with Crippen LogP contribution in [0.3, 0.4) is 0 Å². The summed E-state index contributed by atoms with van der Waals surface area (Å²) in [4.78, 5) is 58.8. The van der Waals surface area contributed by atoms with Crippen LogP contribution in [0, 0.1) is 17.8 Å². The summed E-state index contributed by atoms with van der Waals surface area (Å²) in [6, 6.07) is 4.62. The molecule has 0 saturated carbocycles. The molecule has 3 amide bonds. The number of hydroxylamine groups is 2. The van der Waals surface area contributed by atoms with Crippen molar-refractivity contribution in [2.45, 2.75) is 103 Å². The van der Waals surface area contributed by atoms with Crippen molar-refractivity contribution in [3.63, 3.8) is 0 Å². The molecule has 314 valence electrons. The number of fused-ring (bicyclic) bond motifs is 2. The van der Waals surface area contributed by atoms with E-state index >= 15 is 0 Å². The second-order valence-corrected chi connectivity index (χ2v) is 15.1. The lowest BCUT2D eigenvalue weighted by Gasteiger charge is -2.36. The van der Waals surface area contributed by atoms with E-state index in [1.165, 1.54) is 26.3 Å². The van der Waals surface area contributed by atoms with Crippen molar-refractivity contribution in [2.24, 2.45) is 17.8 Å². The minimum Gasteiger partial charge on any atom is -0.508 e. The number of carbonyl (C=O) groups excluding carboxylic acids is 4. The Kier molecular flexibility index (Phi) is 19.4. The molecule has 1 aromatic rings. The van der Waals surface area contributed by atoms with Crippen molar-refractivity contribution in [2.75, 3.05) is 27.2 Å². The van der Waals surface area contributed by atoms with E-state index in [1.807, 2.05) is 31.8 Å². The number of hydrazine groups is 1. The first-order chi connectivity index (χ1) is 27.1. The molecule has 14 heteroatoms. The Morgan fingerprint density at radius 3 is 2.58 bits per heavy atom. The molecule has 1 fully saturated rings. The molecular weight excluding hydrogens is 730 g/mol. The Balaban J connectivity index is 2.02. The minimum absolute atomic E-state index is 0.0853. The summed E-state index contributed by atoms with van der Waals surface area (Å²) < 4.78 is 6.08. The molecule has 0 radical (unpaired) electrons. The zero-order chi connectivity index (χ0) is 42.1. The molecule has 57 heavy (non-hydrogen) atoms. The molecule has 6 N–H and O–H groups in total. The van der Waals surface area contributed by atoms with Crippen LogP contribution in [-0.4, -0.2) is 113 Å². The van der Waals surface area contributed by atoms with E-state index in [1.54, 1.807) is 74.6 Å². The van der Waals surface area contributed by atoms with Crippen LogP contribution >= 0.6 is 0 Å². The molecule has 1 saturated heterocycles. The number of aromatic hydroxyl groups is 1. The largest absolute Gasteiger partial charge is 0.508 e. The van der Waals surface area contributed by atoms with Crippen molar-refractivity contribution < 1.29 is 44.1 Å². The molecule has 2 aliphatic rings. The number of hydrogen-bond donors (Lipinski definition) is 6. The highest BCUT2D eigenvalue weighted by molar-refractivity contribution is 5.89. The van der Waals surface area contributed by atoms with Gasteiger partial charge in [0, 0.05) is 44.6 Å². The second-order valence-electron chi connectivity index (χ2n) is 15.1. The quantitative estimate of drug-likeness (QED) is 0.0707. The Morgan fingerprint density at radius 2 is 1.89 bits per heavy atom. The lowest BCUT2D eigenvalue weighted by Crippen LogP contribution is -2.60. The van der Waals surface area contributed by atoms with Crippen molar-refractivity contribution in [1.82, 2.24) is 26.1 Å². The van der Waals surface area contributed by atoms with E-state index in [9.17, 15) is 34.5 Å². The molecule has 0 aliphatic carbocycles. The summed E-state index contributed by atoms with van der Waals surface area (Å²) in [6.45, 7) is 9.78. The average molecular weight is 794 g/mol. The predicted molar refractivity (Wildman–Crippen MR) is 218 cm³/mol. The monoisotopic (exact) mass is 793 g/mol. The number of benzene rings is 1. The smallest absolute Gasteiger partial charge is 0.325 e. The summed E-state index contributed by atoms with van der Waals surface area (Å²) in [5, 5.41) is 41.7. The summed E-state index contributed by atoms with van der Waals surface area (Å²) in [5.74, 6) is -3.72. The number of ether oxygens (including phenoxy) is 1. The van der Waals surface area contributed by atoms with E-state index in [0.717, 1.165) is 10.6 Å². The van der Waals surface area contributed by atoms with Crippen LogP contribution in [0.1, 0.15) is 65.9 Å². The number of esters is 1. The number of nitrogens with one attached hydrogen (secondary N) is 3. The van der Waals surface area contributed by atoms with E-state index in [0.29, 0.717) is 31.4 Å². The summed E-state index contributed by atoms with van der Waals surface area (Å²) in [6.07, 6.45) is 13.7. The Morgan fingerprint density at radius 1 is 1.14 bits per heavy atom. The van der Waals surface area contributed by atoms with Gasteiger partial charge in [-0.25, -0.2) is 15.5 Å². The zero-order valence-electron chi connectivity index (χ0n) is 34.3. The van der Waals surface area contributed by atoms with Gasteiger partial charge in [0.25, 0.3) is 5.91 Å². The highest BCUT2D eigenvalue weighted by Crippen LogP contribution is 2.23. The molecule has 2 bridgehead atoms. The molecule has 2 unspecified atom stereocenters. The van der Waals surface area contributed by atoms with Gasteiger partial charge in [-0.3, -0.25) is 24.0 Å². The maximum absolute atomic E-state index is 14.1. The number of likely N-dealkylation sites (N-methyl/N-ethyl adjacent to an activating group) is 1. The van der Waals surface area contributed by atoms with Crippen LogP contribution in [-0.2, 0) is 35.2 Å². The Hall–Kier alpha value is -4.60. The van der Waals surface area contributed by atoms with Gasteiger partial charge in [-0.05, 0) is 68.7 Å². The first-order valence-electron chi connectivity index (χ1n) is 19.7. The average Bonchev–Trinajstić information content (AvgIpc) is 3.17. The number of allylic oxidation sites excluding steroid dienone is 6. The Labute approximate surface area is 337 Å². The third-order valence-corrected chi connectivity index (χ3v) is 10.3. The van der Waals surface area contributed by atoms with Gasteiger partial charge in [0.15, 0.2) is 0 Å². The molecular formula is C43H63N5O9. The first kappa shape index (κ1) is 46.8. The normalized spacial score (nSPS) is 30.2. The van der Waals surface area contributed by atoms with Gasteiger partial charge < -0.3 is 30.7 Å². The van der Waals surface area contributed by atoms with Crippen LogP contribution < -0.4 is 16.1 Å². The van der Waals surface area contributed by atoms with E-state index in [-0.39, 0.29) is 37.0 Å². The predicted octanol–water partition coefficient (Wildman–Crippen LogP) is 3.42. The van der Waals surface area contributed by atoms with Crippen LogP contribution in [0.2, 0.25) is 0 Å². The number of phenolic OH excluding ortho intramolecular Hbond substituents is 1. The van der Waals surface area contributed by atoms with Crippen LogP contribution in [0.15, 0.2) is 84.5 Å². The highest BCUT2D eigenvalue weighted by atomic mass is 16.7. The molecule has 0 aromatic heterocycles. The van der Waals surface area contributed by atoms with Crippen molar-refractivity contribution >= 4 is 23.7 Å². The number of nitrogens with zero attached hydrogens (tertiary/aromatic N) is 2. The van der Waals surface area contributed by atoms with Gasteiger partial charge in [-0.15, -0.1) is 0 Å². The third kappa shape index (κ3) is 15.0. The van der Waals surface area contributed by atoms with Crippen molar-refractivity contribution in [3.8, 4) is 5.75 Å². The third-order valence-electron chi connectivity index (χ3n) is 10.3. The first-order valence-corrected chi connectivity index (χ1v) is 19.7. The van der Waals surface area contributed by atoms with Gasteiger partial charge in [-0.2, -0.15) is 0 Å². The highest BCUT2D eigenvalue weighted by Gasteiger charge is 2.36. The lowest BCUT2D eigenvalue weighted by atomic mass is 9.85. The number of rotatable bonds is 9. The summed E-state index contributed by atoms with van der Waals surface area (Å²) in [5.41, 5.74) is 4.76. The topological polar surface area (TPSA) is 190 Å². The van der Waals surface area contributed by atoms with E-state index < -0.39 is 66.1 Å². The van der Waals surface area contributed by atoms with E-state index in [4.69, 9.17) is 9.57 Å². The maximum Gasteiger partial charge on any atom is 0.325 e. The van der Waals surface area contributed by atoms with Gasteiger partial charge in [0.2, 0.25) is 11.8 Å². The fraction of sp³-hybridized carbons (Fsp3) is 0.535. The van der Waals surface area contributed by atoms with Crippen molar-refractivity contribution in [1.29, 1.82) is 0 Å². The SMILES string of the molecule is C/C=C/C[C@H]1C(=O)N[C@@H](C(C)C)C(=O)N[C@@H](Cc2cccc(O)c2)CN2CCCC(N2)C(=O)O[C@H](/C(C)=C/C=C/C(=O)N(C)OC)C/C=C/C=C/[C@H](O)[C@H](C)[C@H]1O. The number of amides is 3. The minimum atomic E-state index is -1.25. The summed E-state index contributed by atoms with van der Waals surface area (Å²) >= 11 is 0. The van der Waals surface area contributed by atoms with Crippen molar-refractivity contribution in [3.05, 3.63) is 90.1 Å². The van der Waals surface area contributed by atoms with Crippen LogP contribution in [0.25, 0.3) is 0 Å². The molecule has 2 aliphatic heterocycles. The number of cyclic esters (lactones) is 1. The fourth-order valence-electron chi connectivity index (χ4n) is 6.65. The molecule has 2 heterocycles. The number of phenols is 1. The lowest BCUT2D eigenvalue weighted by molar-refractivity contribution is -0.162. The van der Waals surface area contributed by atoms with Gasteiger partial charge in [0.1, 0.15) is 23.9 Å². The maximum atomic E-state index is 14.1. The number of aliphatic hydroxyl groups excluding tert-OH is 2. The van der Waals surface area contributed by atoms with Gasteiger partial charge >= 0.3 is 5.97 Å². The molecule has 3 rings (SSSR count). The van der Waals surface area contributed by atoms with E-state index in [2.05, 4.69) is 16.1 Å². The van der Waals surface area contributed by atoms with Crippen LogP contribution in [0.5, 0.6) is 5.75 Å².